The summed E-state index contributed by atoms with van der Waals surface area (Å²) in [6.45, 7) is 0. The number of aromatic amines is 1. The molecular weight excluding hydrogens is 174 g/mol. The van der Waals surface area contributed by atoms with Crippen LogP contribution < -0.4 is 10.2 Å². The normalized spacial score (nSPS) is 10.3. The van der Waals surface area contributed by atoms with E-state index in [9.17, 15) is 0 Å². The van der Waals surface area contributed by atoms with Crippen molar-refractivity contribution in [1.82, 2.24) is 19.9 Å². The molecule has 0 fully saturated rings. The monoisotopic (exact) mass is 181 g/mol. The maximum atomic E-state index is 8.59. The van der Waals surface area contributed by atoms with Crippen LogP contribution in [-0.2, 0) is 0 Å². The number of methoxy groups -OCH3 is 1. The van der Waals surface area contributed by atoms with E-state index in [1.54, 1.807) is 0 Å². The van der Waals surface area contributed by atoms with E-state index in [1.165, 1.54) is 13.4 Å². The summed E-state index contributed by atoms with van der Waals surface area (Å²) in [5.74, 6) is 0.385. The van der Waals surface area contributed by atoms with Crippen LogP contribution in [-0.4, -0.2) is 32.3 Å². The van der Waals surface area contributed by atoms with Crippen molar-refractivity contribution in [3.63, 3.8) is 0 Å². The van der Waals surface area contributed by atoms with Crippen LogP contribution in [0.25, 0.3) is 11.2 Å². The van der Waals surface area contributed by atoms with Gasteiger partial charge in [0.2, 0.25) is 5.88 Å². The number of nitrogens with one attached hydrogen (secondary N) is 2. The van der Waals surface area contributed by atoms with Gasteiger partial charge in [-0.1, -0.05) is 0 Å². The second-order valence-electron chi connectivity index (χ2n) is 2.27. The molecule has 13 heavy (non-hydrogen) atoms. The maximum absolute atomic E-state index is 8.59. The van der Waals surface area contributed by atoms with E-state index in [4.69, 9.17) is 9.94 Å². The first-order chi connectivity index (χ1) is 6.35. The minimum Gasteiger partial charge on any atom is -0.479 e. The van der Waals surface area contributed by atoms with E-state index in [1.807, 2.05) is 5.48 Å². The molecule has 0 spiro atoms. The molecule has 0 aromatic carbocycles. The number of rotatable bonds is 2. The summed E-state index contributed by atoms with van der Waals surface area (Å²) >= 11 is 0. The van der Waals surface area contributed by atoms with Gasteiger partial charge >= 0.3 is 0 Å². The van der Waals surface area contributed by atoms with E-state index < -0.39 is 0 Å². The van der Waals surface area contributed by atoms with E-state index in [2.05, 4.69) is 19.9 Å². The zero-order chi connectivity index (χ0) is 9.26. The highest BCUT2D eigenvalue weighted by Gasteiger charge is 2.08. The molecule has 0 unspecified atom stereocenters. The maximum Gasteiger partial charge on any atom is 0.252 e. The van der Waals surface area contributed by atoms with Gasteiger partial charge in [0.1, 0.15) is 5.52 Å². The number of imidazole rings is 1. The lowest BCUT2D eigenvalue weighted by Gasteiger charge is -2.01. The lowest BCUT2D eigenvalue weighted by Crippen LogP contribution is -1.99. The molecule has 2 rings (SSSR count). The number of nitrogens with zero attached hydrogens (tertiary/aromatic N) is 3. The highest BCUT2D eigenvalue weighted by atomic mass is 16.5. The third-order valence-corrected chi connectivity index (χ3v) is 1.55. The van der Waals surface area contributed by atoms with E-state index in [0.29, 0.717) is 17.0 Å². The van der Waals surface area contributed by atoms with E-state index in [0.717, 1.165) is 0 Å². The van der Waals surface area contributed by atoms with Crippen molar-refractivity contribution >= 4 is 17.1 Å². The zero-order valence-electron chi connectivity index (χ0n) is 6.77. The minimum atomic E-state index is 0.0523. The van der Waals surface area contributed by atoms with Crippen molar-refractivity contribution < 1.29 is 9.94 Å². The van der Waals surface area contributed by atoms with E-state index in [-0.39, 0.29) is 5.95 Å². The number of H-pyrrole nitrogens is 1. The summed E-state index contributed by atoms with van der Waals surface area (Å²) in [5.41, 5.74) is 2.86. The summed E-state index contributed by atoms with van der Waals surface area (Å²) in [4.78, 5) is 14.4. The Bertz CT molecular complexity index is 426. The van der Waals surface area contributed by atoms with Crippen molar-refractivity contribution in [1.29, 1.82) is 0 Å². The van der Waals surface area contributed by atoms with Gasteiger partial charge in [-0.25, -0.2) is 10.5 Å². The van der Waals surface area contributed by atoms with E-state index >= 15 is 0 Å². The molecule has 0 radical (unpaired) electrons. The predicted octanol–water partition coefficient (Wildman–Crippen LogP) is 0.163. The summed E-state index contributed by atoms with van der Waals surface area (Å²) < 4.78 is 4.95. The first-order valence-electron chi connectivity index (χ1n) is 3.50. The van der Waals surface area contributed by atoms with Crippen molar-refractivity contribution in [2.45, 2.75) is 0 Å². The quantitative estimate of drug-likeness (QED) is 0.571. The van der Waals surface area contributed by atoms with Gasteiger partial charge in [-0.2, -0.15) is 9.97 Å². The Morgan fingerprint density at radius 2 is 2.38 bits per heavy atom. The molecule has 7 heteroatoms. The fraction of sp³-hybridized carbons (Fsp3) is 0.167. The molecule has 0 bridgehead atoms. The highest BCUT2D eigenvalue weighted by Crippen LogP contribution is 2.19. The van der Waals surface area contributed by atoms with Crippen LogP contribution >= 0.6 is 0 Å². The van der Waals surface area contributed by atoms with Crippen LogP contribution in [0.5, 0.6) is 5.88 Å². The standard InChI is InChI=1S/C6H7N5O2/c1-13-5-3-4(8-2-7-3)9-6(10-5)11-12/h2,12H,1H3,(H2,7,8,9,10,11). The first kappa shape index (κ1) is 7.74. The van der Waals surface area contributed by atoms with Crippen LogP contribution in [0.1, 0.15) is 0 Å². The Kier molecular flexibility index (Phi) is 1.71. The molecule has 2 heterocycles. The van der Waals surface area contributed by atoms with Gasteiger partial charge in [0.25, 0.3) is 5.95 Å². The van der Waals surface area contributed by atoms with Gasteiger partial charge in [0, 0.05) is 0 Å². The van der Waals surface area contributed by atoms with Gasteiger partial charge in [-0.15, -0.1) is 0 Å². The average molecular weight is 181 g/mol. The number of fused-ring (bicyclic) bond motifs is 1. The van der Waals surface area contributed by atoms with Crippen LogP contribution in [0.15, 0.2) is 6.33 Å². The molecule has 0 amide bonds. The van der Waals surface area contributed by atoms with Crippen molar-refractivity contribution in [2.24, 2.45) is 0 Å². The largest absolute Gasteiger partial charge is 0.479 e. The number of hydrogen-bond acceptors (Lipinski definition) is 6. The van der Waals surface area contributed by atoms with Gasteiger partial charge in [0.05, 0.1) is 13.4 Å². The van der Waals surface area contributed by atoms with Crippen molar-refractivity contribution in [3.8, 4) is 5.88 Å². The average Bonchev–Trinajstić information content (AvgIpc) is 2.63. The van der Waals surface area contributed by atoms with Gasteiger partial charge in [0.15, 0.2) is 5.65 Å². The van der Waals surface area contributed by atoms with Crippen LogP contribution in [0, 0.1) is 0 Å². The lowest BCUT2D eigenvalue weighted by atomic mass is 10.5. The highest BCUT2D eigenvalue weighted by molar-refractivity contribution is 5.76. The Labute approximate surface area is 72.8 Å². The number of ether oxygens (including phenoxy) is 1. The van der Waals surface area contributed by atoms with Crippen LogP contribution in [0.2, 0.25) is 0 Å². The molecule has 2 aromatic heterocycles. The fourth-order valence-electron chi connectivity index (χ4n) is 1.00. The summed E-state index contributed by atoms with van der Waals surface area (Å²) in [6, 6.07) is 0. The lowest BCUT2D eigenvalue weighted by molar-refractivity contribution is 0.374. The van der Waals surface area contributed by atoms with Gasteiger partial charge < -0.3 is 9.72 Å². The molecule has 7 nitrogen and oxygen atoms in total. The van der Waals surface area contributed by atoms with Crippen molar-refractivity contribution in [3.05, 3.63) is 6.33 Å². The Balaban J connectivity index is 2.70. The second kappa shape index (κ2) is 2.87. The Morgan fingerprint density at radius 1 is 1.54 bits per heavy atom. The molecule has 0 aliphatic carbocycles. The van der Waals surface area contributed by atoms with Gasteiger partial charge in [-0.3, -0.25) is 5.21 Å². The molecule has 0 saturated heterocycles. The molecule has 3 N–H and O–H groups in total. The third-order valence-electron chi connectivity index (χ3n) is 1.55. The molecular formula is C6H7N5O2. The number of anilines is 1. The number of aromatic nitrogens is 4. The minimum absolute atomic E-state index is 0.0523. The third kappa shape index (κ3) is 1.14. The van der Waals surface area contributed by atoms with Crippen LogP contribution in [0.3, 0.4) is 0 Å². The van der Waals surface area contributed by atoms with Crippen LogP contribution in [0.4, 0.5) is 5.95 Å². The smallest absolute Gasteiger partial charge is 0.252 e. The molecule has 2 aromatic rings. The molecule has 0 aliphatic heterocycles. The molecule has 0 atom stereocenters. The predicted molar refractivity (Wildman–Crippen MR) is 43.6 cm³/mol. The second-order valence-corrected chi connectivity index (χ2v) is 2.27. The molecule has 0 saturated carbocycles. The first-order valence-corrected chi connectivity index (χ1v) is 3.50. The Morgan fingerprint density at radius 3 is 3.08 bits per heavy atom. The SMILES string of the molecule is COc1nc(NO)nc2nc[nH]c12. The zero-order valence-corrected chi connectivity index (χ0v) is 6.77. The van der Waals surface area contributed by atoms with Crippen molar-refractivity contribution in [2.75, 3.05) is 12.6 Å². The summed E-state index contributed by atoms with van der Waals surface area (Å²) in [6.07, 6.45) is 1.48. The summed E-state index contributed by atoms with van der Waals surface area (Å²) in [7, 11) is 1.48. The fourth-order valence-corrected chi connectivity index (χ4v) is 1.00. The summed E-state index contributed by atoms with van der Waals surface area (Å²) in [5, 5.41) is 8.59. The van der Waals surface area contributed by atoms with Gasteiger partial charge in [-0.05, 0) is 0 Å². The number of hydrogen-bond donors (Lipinski definition) is 3. The Hall–Kier alpha value is -1.89. The topological polar surface area (TPSA) is 95.9 Å². The molecule has 68 valence electrons. The molecule has 0 aliphatic rings.